The first-order valence-electron chi connectivity index (χ1n) is 7.46. The van der Waals surface area contributed by atoms with Crippen LogP contribution in [0.4, 0.5) is 5.69 Å². The zero-order valence-corrected chi connectivity index (χ0v) is 15.2. The number of aromatic hydroxyl groups is 2. The van der Waals surface area contributed by atoms with Crippen molar-refractivity contribution in [2.75, 3.05) is 0 Å². The van der Waals surface area contributed by atoms with Gasteiger partial charge in [-0.2, -0.15) is 0 Å². The van der Waals surface area contributed by atoms with E-state index >= 15 is 0 Å². The average molecular weight is 438 g/mol. The van der Waals surface area contributed by atoms with Crippen LogP contribution in [-0.4, -0.2) is 26.0 Å². The molecular formula is C17H15IN2O4. The maximum Gasteiger partial charge on any atom is 0.205 e. The van der Waals surface area contributed by atoms with Crippen LogP contribution in [0.3, 0.4) is 0 Å². The fourth-order valence-corrected chi connectivity index (χ4v) is 4.62. The molecule has 0 saturated carbocycles. The summed E-state index contributed by atoms with van der Waals surface area (Å²) in [5.74, 6) is -0.231. The Morgan fingerprint density at radius 2 is 1.96 bits per heavy atom. The normalized spacial score (nSPS) is 30.4. The molecule has 2 aliphatic heterocycles. The number of nitrogens with zero attached hydrogens (tertiary/aromatic N) is 2. The van der Waals surface area contributed by atoms with Crippen molar-refractivity contribution in [3.63, 3.8) is 0 Å². The Hall–Kier alpha value is -1.76. The lowest BCUT2D eigenvalue weighted by atomic mass is 9.78. The molecule has 1 aromatic carbocycles. The lowest BCUT2D eigenvalue weighted by molar-refractivity contribution is -0.0936. The first-order valence-corrected chi connectivity index (χ1v) is 8.54. The molecule has 0 radical (unpaired) electrons. The number of halogens is 1. The molecule has 2 aromatic rings. The largest absolute Gasteiger partial charge is 0.494 e. The molecule has 7 heteroatoms. The van der Waals surface area contributed by atoms with Crippen LogP contribution >= 0.6 is 22.6 Å². The van der Waals surface area contributed by atoms with E-state index < -0.39 is 17.3 Å². The van der Waals surface area contributed by atoms with E-state index in [0.29, 0.717) is 28.9 Å². The number of benzene rings is 1. The number of rotatable bonds is 1. The van der Waals surface area contributed by atoms with Gasteiger partial charge in [0.05, 0.1) is 35.1 Å². The summed E-state index contributed by atoms with van der Waals surface area (Å²) < 4.78 is 8.03. The summed E-state index contributed by atoms with van der Waals surface area (Å²) >= 11 is 2.05. The van der Waals surface area contributed by atoms with Crippen LogP contribution in [0.2, 0.25) is 0 Å². The molecule has 3 N–H and O–H groups in total. The van der Waals surface area contributed by atoms with E-state index in [1.807, 2.05) is 29.5 Å². The number of hydrogen-bond acceptors (Lipinski definition) is 4. The van der Waals surface area contributed by atoms with E-state index in [1.54, 1.807) is 25.1 Å². The van der Waals surface area contributed by atoms with Crippen molar-refractivity contribution < 1.29 is 20.1 Å². The second-order valence-electron chi connectivity index (χ2n) is 6.64. The molecule has 1 aromatic heterocycles. The summed E-state index contributed by atoms with van der Waals surface area (Å²) in [4.78, 5) is 3.42. The van der Waals surface area contributed by atoms with Gasteiger partial charge in [0.1, 0.15) is 5.60 Å². The molecule has 0 spiro atoms. The quantitative estimate of drug-likeness (QED) is 0.472. The second-order valence-corrected chi connectivity index (χ2v) is 7.80. The van der Waals surface area contributed by atoms with Gasteiger partial charge in [-0.15, -0.1) is 0 Å². The van der Waals surface area contributed by atoms with Crippen molar-refractivity contribution in [1.29, 1.82) is 0 Å². The van der Waals surface area contributed by atoms with Crippen LogP contribution in [0.1, 0.15) is 31.4 Å². The summed E-state index contributed by atoms with van der Waals surface area (Å²) in [5, 5.41) is 31.9. The zero-order chi connectivity index (χ0) is 17.4. The van der Waals surface area contributed by atoms with Gasteiger partial charge in [-0.05, 0) is 26.0 Å². The molecule has 2 aliphatic rings. The van der Waals surface area contributed by atoms with Crippen molar-refractivity contribution >= 4 is 28.3 Å². The SMILES string of the molecule is [C-]#[N+]c1ccc(-n2c(O)c3c(c2O)C2(C)OC3(C)C[C@@H]2O)cc1I. The monoisotopic (exact) mass is 438 g/mol. The third kappa shape index (κ3) is 1.71. The number of fused-ring (bicyclic) bond motifs is 5. The lowest BCUT2D eigenvalue weighted by Crippen LogP contribution is -2.32. The molecule has 3 heterocycles. The van der Waals surface area contributed by atoms with Gasteiger partial charge >= 0.3 is 0 Å². The summed E-state index contributed by atoms with van der Waals surface area (Å²) in [6.45, 7) is 10.7. The molecule has 3 atom stereocenters. The van der Waals surface area contributed by atoms with E-state index in [4.69, 9.17) is 11.3 Å². The third-order valence-electron chi connectivity index (χ3n) is 5.11. The highest BCUT2D eigenvalue weighted by molar-refractivity contribution is 14.1. The first-order chi connectivity index (χ1) is 11.2. The van der Waals surface area contributed by atoms with E-state index in [9.17, 15) is 15.3 Å². The van der Waals surface area contributed by atoms with Crippen molar-refractivity contribution in [3.05, 3.63) is 44.3 Å². The van der Waals surface area contributed by atoms with E-state index in [0.717, 1.165) is 3.57 Å². The van der Waals surface area contributed by atoms with E-state index in [-0.39, 0.29) is 11.8 Å². The Kier molecular flexibility index (Phi) is 3.05. The van der Waals surface area contributed by atoms with Crippen LogP contribution in [0.25, 0.3) is 10.5 Å². The molecule has 0 amide bonds. The summed E-state index contributed by atoms with van der Waals surface area (Å²) in [7, 11) is 0. The lowest BCUT2D eigenvalue weighted by Gasteiger charge is -2.25. The maximum absolute atomic E-state index is 10.8. The Morgan fingerprint density at radius 1 is 1.29 bits per heavy atom. The smallest absolute Gasteiger partial charge is 0.205 e. The minimum atomic E-state index is -1.04. The molecule has 4 rings (SSSR count). The Morgan fingerprint density at radius 3 is 2.58 bits per heavy atom. The van der Waals surface area contributed by atoms with Gasteiger partial charge in [-0.25, -0.2) is 4.85 Å². The molecular weight excluding hydrogens is 423 g/mol. The van der Waals surface area contributed by atoms with Crippen molar-refractivity contribution in [2.45, 2.75) is 37.6 Å². The number of aliphatic hydroxyl groups excluding tert-OH is 1. The van der Waals surface area contributed by atoms with Gasteiger partial charge in [0.25, 0.3) is 0 Å². The third-order valence-corrected chi connectivity index (χ3v) is 5.98. The number of ether oxygens (including phenoxy) is 1. The maximum atomic E-state index is 10.8. The molecule has 124 valence electrons. The predicted molar refractivity (Wildman–Crippen MR) is 94.5 cm³/mol. The van der Waals surface area contributed by atoms with Gasteiger partial charge < -0.3 is 20.1 Å². The Labute approximate surface area is 152 Å². The standard InChI is InChI=1S/C17H15IN2O4/c1-16-7-11(21)17(2,24-16)13-12(16)14(22)20(15(13)23)8-4-5-10(19-3)9(18)6-8/h4-6,11,21-23H,7H2,1-2H3/t11-,16?,17?/m0/s1. The van der Waals surface area contributed by atoms with Gasteiger partial charge in [0.15, 0.2) is 5.69 Å². The second kappa shape index (κ2) is 4.65. The van der Waals surface area contributed by atoms with Gasteiger partial charge in [-0.1, -0.05) is 28.7 Å². The van der Waals surface area contributed by atoms with Crippen LogP contribution < -0.4 is 0 Å². The number of aliphatic hydroxyl groups is 1. The highest BCUT2D eigenvalue weighted by atomic mass is 127. The van der Waals surface area contributed by atoms with Crippen LogP contribution in [0, 0.1) is 10.1 Å². The molecule has 1 saturated heterocycles. The van der Waals surface area contributed by atoms with Crippen LogP contribution in [-0.2, 0) is 15.9 Å². The summed E-state index contributed by atoms with van der Waals surface area (Å²) in [5.41, 5.74) is 0.149. The predicted octanol–water partition coefficient (Wildman–Crippen LogP) is 3.27. The zero-order valence-electron chi connectivity index (χ0n) is 13.0. The molecule has 1 fully saturated rings. The highest BCUT2D eigenvalue weighted by Crippen LogP contribution is 2.64. The van der Waals surface area contributed by atoms with Gasteiger partial charge in [0.2, 0.25) is 11.8 Å². The summed E-state index contributed by atoms with van der Waals surface area (Å²) in [6, 6.07) is 5.05. The minimum Gasteiger partial charge on any atom is -0.494 e. The minimum absolute atomic E-state index is 0.0908. The molecule has 2 unspecified atom stereocenters. The van der Waals surface area contributed by atoms with Crippen molar-refractivity contribution in [3.8, 4) is 17.4 Å². The van der Waals surface area contributed by atoms with E-state index in [2.05, 4.69) is 4.85 Å². The number of aromatic nitrogens is 1. The number of hydrogen-bond donors (Lipinski definition) is 3. The highest BCUT2D eigenvalue weighted by Gasteiger charge is 2.64. The first kappa shape index (κ1) is 15.7. The molecule has 2 bridgehead atoms. The van der Waals surface area contributed by atoms with Crippen molar-refractivity contribution in [1.82, 2.24) is 4.57 Å². The summed E-state index contributed by atoms with van der Waals surface area (Å²) in [6.07, 6.45) is -0.386. The van der Waals surface area contributed by atoms with Crippen molar-refractivity contribution in [2.24, 2.45) is 0 Å². The topological polar surface area (TPSA) is 79.2 Å². The van der Waals surface area contributed by atoms with Crippen LogP contribution in [0.15, 0.2) is 18.2 Å². The fourth-order valence-electron chi connectivity index (χ4n) is 4.00. The van der Waals surface area contributed by atoms with Crippen LogP contribution in [0.5, 0.6) is 11.8 Å². The fraction of sp³-hybridized carbons (Fsp3) is 0.353. The Balaban J connectivity index is 1.98. The molecule has 24 heavy (non-hydrogen) atoms. The molecule has 6 nitrogen and oxygen atoms in total. The van der Waals surface area contributed by atoms with Gasteiger partial charge in [0, 0.05) is 9.99 Å². The Bertz CT molecular complexity index is 932. The molecule has 0 aliphatic carbocycles. The average Bonchev–Trinajstić information content (AvgIpc) is 3.01. The van der Waals surface area contributed by atoms with Gasteiger partial charge in [-0.3, -0.25) is 4.57 Å². The van der Waals surface area contributed by atoms with E-state index in [1.165, 1.54) is 4.57 Å².